The summed E-state index contributed by atoms with van der Waals surface area (Å²) in [6, 6.07) is 3.72. The fraction of sp³-hybridized carbons (Fsp3) is 0.500. The molecule has 0 saturated heterocycles. The average molecular weight is 255 g/mol. The van der Waals surface area contributed by atoms with Gasteiger partial charge in [-0.05, 0) is 38.8 Å². The van der Waals surface area contributed by atoms with Crippen molar-refractivity contribution >= 4 is 23.2 Å². The van der Waals surface area contributed by atoms with Crippen LogP contribution in [0.5, 0.6) is 0 Å². The standard InChI is InChI=1S/C12H17NO3S/c1-8(4-3-5-11(14)15)13-12(16)10-7-6-9(2)17-10/h6-8H,3-5H2,1-2H3,(H,13,16)(H,14,15). The van der Waals surface area contributed by atoms with Gasteiger partial charge in [0.05, 0.1) is 4.88 Å². The SMILES string of the molecule is Cc1ccc(C(=O)NC(C)CCCC(=O)O)s1. The number of rotatable bonds is 6. The Morgan fingerprint density at radius 1 is 1.47 bits per heavy atom. The van der Waals surface area contributed by atoms with Crippen LogP contribution in [0.1, 0.15) is 40.7 Å². The number of aliphatic carboxylic acids is 1. The Morgan fingerprint density at radius 2 is 2.18 bits per heavy atom. The Kier molecular flexibility index (Phi) is 5.15. The Hall–Kier alpha value is -1.36. The quantitative estimate of drug-likeness (QED) is 0.820. The van der Waals surface area contributed by atoms with E-state index >= 15 is 0 Å². The first kappa shape index (κ1) is 13.7. The lowest BCUT2D eigenvalue weighted by Crippen LogP contribution is -2.32. The summed E-state index contributed by atoms with van der Waals surface area (Å²) in [6.45, 7) is 3.85. The molecule has 1 atom stereocenters. The average Bonchev–Trinajstić information content (AvgIpc) is 2.64. The van der Waals surface area contributed by atoms with Crippen LogP contribution in [0.15, 0.2) is 12.1 Å². The van der Waals surface area contributed by atoms with Gasteiger partial charge in [0.25, 0.3) is 5.91 Å². The highest BCUT2D eigenvalue weighted by Crippen LogP contribution is 2.15. The van der Waals surface area contributed by atoms with Gasteiger partial charge in [0.15, 0.2) is 0 Å². The van der Waals surface area contributed by atoms with Crippen LogP contribution >= 0.6 is 11.3 Å². The van der Waals surface area contributed by atoms with Crippen molar-refractivity contribution in [3.63, 3.8) is 0 Å². The van der Waals surface area contributed by atoms with Crippen LogP contribution in [0.25, 0.3) is 0 Å². The second-order valence-electron chi connectivity index (χ2n) is 4.07. The Bertz CT molecular complexity index is 400. The van der Waals surface area contributed by atoms with E-state index in [4.69, 9.17) is 5.11 Å². The van der Waals surface area contributed by atoms with E-state index in [-0.39, 0.29) is 18.4 Å². The van der Waals surface area contributed by atoms with Gasteiger partial charge in [0.1, 0.15) is 0 Å². The fourth-order valence-corrected chi connectivity index (χ4v) is 2.25. The molecule has 0 radical (unpaired) electrons. The topological polar surface area (TPSA) is 66.4 Å². The van der Waals surface area contributed by atoms with Gasteiger partial charge in [-0.25, -0.2) is 0 Å². The molecule has 1 heterocycles. The Labute approximate surface area is 105 Å². The molecule has 2 N–H and O–H groups in total. The van der Waals surface area contributed by atoms with Crippen LogP contribution in [-0.4, -0.2) is 23.0 Å². The summed E-state index contributed by atoms with van der Waals surface area (Å²) in [4.78, 5) is 23.9. The highest BCUT2D eigenvalue weighted by molar-refractivity contribution is 7.13. The van der Waals surface area contributed by atoms with Crippen LogP contribution in [0.4, 0.5) is 0 Å². The Balaban J connectivity index is 2.33. The number of carboxylic acids is 1. The van der Waals surface area contributed by atoms with Crippen molar-refractivity contribution in [3.8, 4) is 0 Å². The lowest BCUT2D eigenvalue weighted by atomic mass is 10.1. The predicted molar refractivity (Wildman–Crippen MR) is 67.5 cm³/mol. The molecule has 0 spiro atoms. The van der Waals surface area contributed by atoms with E-state index in [1.807, 2.05) is 19.9 Å². The smallest absolute Gasteiger partial charge is 0.303 e. The predicted octanol–water partition coefficient (Wildman–Crippen LogP) is 2.43. The number of carbonyl (C=O) groups is 2. The summed E-state index contributed by atoms with van der Waals surface area (Å²) in [5.41, 5.74) is 0. The van der Waals surface area contributed by atoms with Crippen LogP contribution in [0, 0.1) is 6.92 Å². The summed E-state index contributed by atoms with van der Waals surface area (Å²) in [6.07, 6.45) is 1.42. The van der Waals surface area contributed by atoms with Crippen molar-refractivity contribution in [2.24, 2.45) is 0 Å². The zero-order chi connectivity index (χ0) is 12.8. The number of amides is 1. The first-order chi connectivity index (χ1) is 7.99. The second-order valence-corrected chi connectivity index (χ2v) is 5.36. The normalized spacial score (nSPS) is 12.1. The van der Waals surface area contributed by atoms with E-state index in [1.165, 1.54) is 11.3 Å². The number of nitrogens with one attached hydrogen (secondary N) is 1. The third kappa shape index (κ3) is 4.99. The minimum absolute atomic E-state index is 0.00394. The number of carbonyl (C=O) groups excluding carboxylic acids is 1. The first-order valence-corrected chi connectivity index (χ1v) is 6.40. The molecule has 0 fully saturated rings. The molecule has 0 saturated carbocycles. The minimum atomic E-state index is -0.794. The number of thiophene rings is 1. The molecule has 1 aromatic heterocycles. The summed E-state index contributed by atoms with van der Waals surface area (Å²) < 4.78 is 0. The number of hydrogen-bond acceptors (Lipinski definition) is 3. The van der Waals surface area contributed by atoms with Crippen molar-refractivity contribution < 1.29 is 14.7 Å². The van der Waals surface area contributed by atoms with Crippen molar-refractivity contribution in [2.75, 3.05) is 0 Å². The molecule has 5 heteroatoms. The monoisotopic (exact) mass is 255 g/mol. The van der Waals surface area contributed by atoms with E-state index in [0.29, 0.717) is 17.7 Å². The van der Waals surface area contributed by atoms with E-state index in [9.17, 15) is 9.59 Å². The largest absolute Gasteiger partial charge is 0.481 e. The lowest BCUT2D eigenvalue weighted by molar-refractivity contribution is -0.137. The van der Waals surface area contributed by atoms with Crippen molar-refractivity contribution in [2.45, 2.75) is 39.2 Å². The number of carboxylic acid groups (broad SMARTS) is 1. The minimum Gasteiger partial charge on any atom is -0.481 e. The zero-order valence-corrected chi connectivity index (χ0v) is 10.8. The van der Waals surface area contributed by atoms with E-state index in [0.717, 1.165) is 4.88 Å². The molecular formula is C12H17NO3S. The number of aryl methyl sites for hydroxylation is 1. The van der Waals surface area contributed by atoms with Gasteiger partial charge in [0.2, 0.25) is 0 Å². The molecular weight excluding hydrogens is 238 g/mol. The molecule has 0 aliphatic carbocycles. The molecule has 4 nitrogen and oxygen atoms in total. The molecule has 1 aromatic rings. The maximum absolute atomic E-state index is 11.7. The molecule has 0 bridgehead atoms. The van der Waals surface area contributed by atoms with Crippen molar-refractivity contribution in [1.29, 1.82) is 0 Å². The number of hydrogen-bond donors (Lipinski definition) is 2. The van der Waals surface area contributed by atoms with Gasteiger partial charge in [0, 0.05) is 17.3 Å². The fourth-order valence-electron chi connectivity index (χ4n) is 1.48. The third-order valence-electron chi connectivity index (χ3n) is 2.37. The molecule has 0 aromatic carbocycles. The van der Waals surface area contributed by atoms with Crippen LogP contribution < -0.4 is 5.32 Å². The Morgan fingerprint density at radius 3 is 2.71 bits per heavy atom. The van der Waals surface area contributed by atoms with Gasteiger partial charge in [-0.15, -0.1) is 11.3 Å². The maximum Gasteiger partial charge on any atom is 0.303 e. The highest BCUT2D eigenvalue weighted by Gasteiger charge is 2.11. The first-order valence-electron chi connectivity index (χ1n) is 5.58. The van der Waals surface area contributed by atoms with Crippen LogP contribution in [-0.2, 0) is 4.79 Å². The lowest BCUT2D eigenvalue weighted by Gasteiger charge is -2.12. The van der Waals surface area contributed by atoms with Crippen LogP contribution in [0.2, 0.25) is 0 Å². The summed E-state index contributed by atoms with van der Waals surface area (Å²) in [5.74, 6) is -0.872. The second kappa shape index (κ2) is 6.39. The van der Waals surface area contributed by atoms with E-state index < -0.39 is 5.97 Å². The summed E-state index contributed by atoms with van der Waals surface area (Å²) in [5, 5.41) is 11.4. The van der Waals surface area contributed by atoms with Gasteiger partial charge in [-0.2, -0.15) is 0 Å². The van der Waals surface area contributed by atoms with Gasteiger partial charge < -0.3 is 10.4 Å². The molecule has 17 heavy (non-hydrogen) atoms. The highest BCUT2D eigenvalue weighted by atomic mass is 32.1. The molecule has 1 rings (SSSR count). The van der Waals surface area contributed by atoms with Crippen LogP contribution in [0.3, 0.4) is 0 Å². The molecule has 1 amide bonds. The van der Waals surface area contributed by atoms with E-state index in [2.05, 4.69) is 5.32 Å². The summed E-state index contributed by atoms with van der Waals surface area (Å²) >= 11 is 1.46. The maximum atomic E-state index is 11.7. The van der Waals surface area contributed by atoms with Gasteiger partial charge >= 0.3 is 5.97 Å². The van der Waals surface area contributed by atoms with Gasteiger partial charge in [-0.1, -0.05) is 0 Å². The molecule has 0 aliphatic heterocycles. The third-order valence-corrected chi connectivity index (χ3v) is 3.37. The van der Waals surface area contributed by atoms with Crippen molar-refractivity contribution in [3.05, 3.63) is 21.9 Å². The molecule has 0 aliphatic rings. The molecule has 94 valence electrons. The van der Waals surface area contributed by atoms with Crippen molar-refractivity contribution in [1.82, 2.24) is 5.32 Å². The van der Waals surface area contributed by atoms with Gasteiger partial charge in [-0.3, -0.25) is 9.59 Å². The zero-order valence-electron chi connectivity index (χ0n) is 10.0. The molecule has 1 unspecified atom stereocenters. The van der Waals surface area contributed by atoms with E-state index in [1.54, 1.807) is 6.07 Å². The summed E-state index contributed by atoms with van der Waals surface area (Å²) in [7, 11) is 0.